The van der Waals surface area contributed by atoms with Crippen molar-refractivity contribution in [3.05, 3.63) is 34.9 Å². The van der Waals surface area contributed by atoms with E-state index >= 15 is 0 Å². The molecule has 0 saturated carbocycles. The molecule has 0 aromatic heterocycles. The third-order valence-corrected chi connectivity index (χ3v) is 6.38. The van der Waals surface area contributed by atoms with Gasteiger partial charge in [0.25, 0.3) is 0 Å². The molecule has 100 valence electrons. The molecule has 0 spiro atoms. The van der Waals surface area contributed by atoms with Gasteiger partial charge in [-0.25, -0.2) is 0 Å². The van der Waals surface area contributed by atoms with E-state index in [1.807, 2.05) is 12.1 Å². The highest BCUT2D eigenvalue weighted by molar-refractivity contribution is 6.77. The van der Waals surface area contributed by atoms with E-state index < -0.39 is 8.07 Å². The maximum Gasteiger partial charge on any atom is 0.0672 e. The van der Waals surface area contributed by atoms with Crippen molar-refractivity contribution in [2.45, 2.75) is 19.1 Å². The molecule has 1 aliphatic heterocycles. The van der Waals surface area contributed by atoms with Crippen LogP contribution in [0.15, 0.2) is 24.3 Å². The van der Waals surface area contributed by atoms with Gasteiger partial charge in [-0.05, 0) is 24.3 Å². The summed E-state index contributed by atoms with van der Waals surface area (Å²) >= 11 is 5.93. The average molecular weight is 283 g/mol. The molecule has 0 unspecified atom stereocenters. The van der Waals surface area contributed by atoms with Crippen molar-refractivity contribution in [2.75, 3.05) is 32.3 Å². The molecule has 1 aromatic carbocycles. The van der Waals surface area contributed by atoms with Gasteiger partial charge in [0.2, 0.25) is 0 Å². The highest BCUT2D eigenvalue weighted by Gasteiger charge is 2.25. The van der Waals surface area contributed by atoms with Gasteiger partial charge in [-0.2, -0.15) is 0 Å². The highest BCUT2D eigenvalue weighted by Crippen LogP contribution is 2.16. The number of nitrogens with one attached hydrogen (secondary N) is 1. The van der Waals surface area contributed by atoms with Crippen LogP contribution in [-0.4, -0.2) is 45.3 Å². The summed E-state index contributed by atoms with van der Waals surface area (Å²) < 4.78 is 0. The van der Waals surface area contributed by atoms with Crippen LogP contribution in [0.5, 0.6) is 0 Å². The Labute approximate surface area is 116 Å². The SMILES string of the molecule is C[Si](C)(Cc1ccc(Cl)cc1)CN1CCNCC1. The minimum atomic E-state index is -1.19. The van der Waals surface area contributed by atoms with Gasteiger partial charge in [0.05, 0.1) is 8.07 Å². The van der Waals surface area contributed by atoms with Gasteiger partial charge in [0, 0.05) is 31.2 Å². The molecule has 1 aromatic rings. The van der Waals surface area contributed by atoms with E-state index in [-0.39, 0.29) is 0 Å². The third kappa shape index (κ3) is 4.39. The number of rotatable bonds is 4. The van der Waals surface area contributed by atoms with E-state index in [2.05, 4.69) is 35.4 Å². The van der Waals surface area contributed by atoms with Crippen LogP contribution in [-0.2, 0) is 6.04 Å². The van der Waals surface area contributed by atoms with Gasteiger partial charge in [0.15, 0.2) is 0 Å². The minimum absolute atomic E-state index is 0.834. The zero-order valence-electron chi connectivity index (χ0n) is 11.4. The minimum Gasteiger partial charge on any atom is -0.314 e. The van der Waals surface area contributed by atoms with Crippen LogP contribution in [0.4, 0.5) is 0 Å². The first kappa shape index (κ1) is 14.1. The topological polar surface area (TPSA) is 15.3 Å². The summed E-state index contributed by atoms with van der Waals surface area (Å²) in [6.07, 6.45) is 1.30. The summed E-state index contributed by atoms with van der Waals surface area (Å²) in [5, 5.41) is 4.25. The largest absolute Gasteiger partial charge is 0.314 e. The number of benzene rings is 1. The van der Waals surface area contributed by atoms with E-state index in [4.69, 9.17) is 11.6 Å². The number of halogens is 1. The number of nitrogens with zero attached hydrogens (tertiary/aromatic N) is 1. The summed E-state index contributed by atoms with van der Waals surface area (Å²) in [5.41, 5.74) is 1.44. The molecule has 1 fully saturated rings. The molecule has 4 heteroatoms. The van der Waals surface area contributed by atoms with Crippen LogP contribution in [0, 0.1) is 0 Å². The first-order valence-corrected chi connectivity index (χ1v) is 10.5. The first-order valence-electron chi connectivity index (χ1n) is 6.73. The molecule has 1 saturated heterocycles. The molecule has 0 radical (unpaired) electrons. The van der Waals surface area contributed by atoms with Crippen molar-refractivity contribution in [2.24, 2.45) is 0 Å². The van der Waals surface area contributed by atoms with Crippen LogP contribution < -0.4 is 5.32 Å². The molecule has 2 nitrogen and oxygen atoms in total. The monoisotopic (exact) mass is 282 g/mol. The van der Waals surface area contributed by atoms with Crippen LogP contribution >= 0.6 is 11.6 Å². The molecular formula is C14H23ClN2Si. The molecule has 0 atom stereocenters. The molecule has 0 bridgehead atoms. The lowest BCUT2D eigenvalue weighted by atomic mass is 10.2. The predicted octanol–water partition coefficient (Wildman–Crippen LogP) is 2.57. The fourth-order valence-corrected chi connectivity index (χ4v) is 5.79. The van der Waals surface area contributed by atoms with Crippen LogP contribution in [0.3, 0.4) is 0 Å². The maximum absolute atomic E-state index is 5.93. The Bertz CT molecular complexity index is 372. The summed E-state index contributed by atoms with van der Waals surface area (Å²) in [5.74, 6) is 0. The lowest BCUT2D eigenvalue weighted by Gasteiger charge is -2.34. The van der Waals surface area contributed by atoms with Gasteiger partial charge < -0.3 is 10.2 Å². The Morgan fingerprint density at radius 2 is 1.78 bits per heavy atom. The third-order valence-electron chi connectivity index (χ3n) is 3.46. The molecule has 1 heterocycles. The van der Waals surface area contributed by atoms with Gasteiger partial charge >= 0.3 is 0 Å². The zero-order valence-corrected chi connectivity index (χ0v) is 13.1. The Kier molecular flexibility index (Phi) is 4.84. The second-order valence-electron chi connectivity index (χ2n) is 5.99. The van der Waals surface area contributed by atoms with E-state index in [0.29, 0.717) is 0 Å². The number of piperazine rings is 1. The summed E-state index contributed by atoms with van der Waals surface area (Å²) in [6, 6.07) is 9.61. The fraction of sp³-hybridized carbons (Fsp3) is 0.571. The van der Waals surface area contributed by atoms with E-state index in [1.54, 1.807) is 0 Å². The van der Waals surface area contributed by atoms with E-state index in [0.717, 1.165) is 18.1 Å². The number of hydrogen-bond donors (Lipinski definition) is 1. The van der Waals surface area contributed by atoms with Gasteiger partial charge in [0.1, 0.15) is 0 Å². The molecule has 1 N–H and O–H groups in total. The standard InChI is InChI=1S/C14H23ClN2Si/c1-18(2,12-17-9-7-16-8-10-17)11-13-3-5-14(15)6-4-13/h3-6,16H,7-12H2,1-2H3. The predicted molar refractivity (Wildman–Crippen MR) is 81.9 cm³/mol. The van der Waals surface area contributed by atoms with Gasteiger partial charge in [-0.1, -0.05) is 42.4 Å². The normalized spacial score (nSPS) is 17.9. The summed E-state index contributed by atoms with van der Waals surface area (Å²) in [6.45, 7) is 9.68. The lowest BCUT2D eigenvalue weighted by Crippen LogP contribution is -2.51. The fourth-order valence-electron chi connectivity index (χ4n) is 2.69. The van der Waals surface area contributed by atoms with Crippen LogP contribution in [0.25, 0.3) is 0 Å². The second-order valence-corrected chi connectivity index (χ2v) is 11.4. The van der Waals surface area contributed by atoms with E-state index in [1.165, 1.54) is 30.9 Å². The average Bonchev–Trinajstić information content (AvgIpc) is 2.32. The zero-order chi connectivity index (χ0) is 13.0. The maximum atomic E-state index is 5.93. The molecular weight excluding hydrogens is 260 g/mol. The Balaban J connectivity index is 1.91. The lowest BCUT2D eigenvalue weighted by molar-refractivity contribution is 0.272. The Morgan fingerprint density at radius 3 is 2.39 bits per heavy atom. The van der Waals surface area contributed by atoms with Crippen molar-refractivity contribution >= 4 is 19.7 Å². The number of hydrogen-bond acceptors (Lipinski definition) is 2. The van der Waals surface area contributed by atoms with Gasteiger partial charge in [-0.15, -0.1) is 0 Å². The van der Waals surface area contributed by atoms with Gasteiger partial charge in [-0.3, -0.25) is 0 Å². The molecule has 0 aliphatic carbocycles. The van der Waals surface area contributed by atoms with E-state index in [9.17, 15) is 0 Å². The molecule has 1 aliphatic rings. The van der Waals surface area contributed by atoms with Crippen molar-refractivity contribution in [3.8, 4) is 0 Å². The Hall–Kier alpha value is -0.353. The smallest absolute Gasteiger partial charge is 0.0672 e. The van der Waals surface area contributed by atoms with Crippen LogP contribution in [0.2, 0.25) is 18.1 Å². The highest BCUT2D eigenvalue weighted by atomic mass is 35.5. The van der Waals surface area contributed by atoms with Crippen molar-refractivity contribution in [3.63, 3.8) is 0 Å². The summed E-state index contributed by atoms with van der Waals surface area (Å²) in [7, 11) is -1.19. The summed E-state index contributed by atoms with van der Waals surface area (Å²) in [4.78, 5) is 2.62. The van der Waals surface area contributed by atoms with Crippen molar-refractivity contribution < 1.29 is 0 Å². The van der Waals surface area contributed by atoms with Crippen molar-refractivity contribution in [1.82, 2.24) is 10.2 Å². The molecule has 2 rings (SSSR count). The quantitative estimate of drug-likeness (QED) is 0.854. The first-order chi connectivity index (χ1) is 8.55. The Morgan fingerprint density at radius 1 is 1.17 bits per heavy atom. The molecule has 18 heavy (non-hydrogen) atoms. The second kappa shape index (κ2) is 6.20. The van der Waals surface area contributed by atoms with Crippen molar-refractivity contribution in [1.29, 1.82) is 0 Å². The molecule has 0 amide bonds. The van der Waals surface area contributed by atoms with Crippen LogP contribution in [0.1, 0.15) is 5.56 Å².